The van der Waals surface area contributed by atoms with E-state index in [-0.39, 0.29) is 0 Å². The Labute approximate surface area is 136 Å². The zero-order chi connectivity index (χ0) is 15.8. The van der Waals surface area contributed by atoms with Crippen molar-refractivity contribution in [3.05, 3.63) is 36.2 Å². The van der Waals surface area contributed by atoms with Crippen LogP contribution in [0.25, 0.3) is 16.7 Å². The van der Waals surface area contributed by atoms with Gasteiger partial charge in [0.1, 0.15) is 0 Å². The van der Waals surface area contributed by atoms with E-state index in [1.807, 2.05) is 6.20 Å². The van der Waals surface area contributed by atoms with E-state index >= 15 is 0 Å². The van der Waals surface area contributed by atoms with Gasteiger partial charge in [-0.2, -0.15) is 0 Å². The van der Waals surface area contributed by atoms with Crippen LogP contribution in [0.1, 0.15) is 19.5 Å². The quantitative estimate of drug-likeness (QED) is 0.807. The summed E-state index contributed by atoms with van der Waals surface area (Å²) < 4.78 is 2.31. The number of hydrogen-bond donors (Lipinski definition) is 1. The minimum atomic E-state index is 0.601. The SMILES string of the molecule is CC(C)Cc1cnc2c(N3CCNCC3)nc3ccccc3n12. The molecule has 1 fully saturated rings. The van der Waals surface area contributed by atoms with Crippen LogP contribution in [0.4, 0.5) is 5.82 Å². The number of anilines is 1. The number of imidazole rings is 1. The van der Waals surface area contributed by atoms with Gasteiger partial charge in [-0.3, -0.25) is 4.40 Å². The number of hydrogen-bond acceptors (Lipinski definition) is 4. The molecule has 0 bridgehead atoms. The maximum Gasteiger partial charge on any atom is 0.181 e. The average Bonchev–Trinajstić information content (AvgIpc) is 2.98. The normalized spacial score (nSPS) is 15.9. The summed E-state index contributed by atoms with van der Waals surface area (Å²) in [4.78, 5) is 12.0. The van der Waals surface area contributed by atoms with E-state index in [1.165, 1.54) is 5.69 Å². The monoisotopic (exact) mass is 309 g/mol. The van der Waals surface area contributed by atoms with Crippen molar-refractivity contribution in [1.82, 2.24) is 19.7 Å². The van der Waals surface area contributed by atoms with Crippen LogP contribution in [0.5, 0.6) is 0 Å². The number of rotatable bonds is 3. The van der Waals surface area contributed by atoms with Gasteiger partial charge < -0.3 is 10.2 Å². The average molecular weight is 309 g/mol. The van der Waals surface area contributed by atoms with Crippen molar-refractivity contribution in [2.75, 3.05) is 31.1 Å². The molecular weight excluding hydrogens is 286 g/mol. The van der Waals surface area contributed by atoms with Gasteiger partial charge in [-0.05, 0) is 24.5 Å². The van der Waals surface area contributed by atoms with Gasteiger partial charge in [0.2, 0.25) is 0 Å². The molecule has 120 valence electrons. The van der Waals surface area contributed by atoms with Crippen molar-refractivity contribution < 1.29 is 0 Å². The van der Waals surface area contributed by atoms with Gasteiger partial charge in [0.15, 0.2) is 11.5 Å². The zero-order valence-corrected chi connectivity index (χ0v) is 13.8. The molecule has 3 heterocycles. The molecule has 0 aliphatic carbocycles. The number of piperazine rings is 1. The maximum absolute atomic E-state index is 4.93. The molecule has 3 aromatic rings. The molecule has 1 aliphatic rings. The Kier molecular flexibility index (Phi) is 3.65. The van der Waals surface area contributed by atoms with E-state index in [2.05, 4.69) is 52.7 Å². The van der Waals surface area contributed by atoms with Gasteiger partial charge in [0, 0.05) is 38.1 Å². The van der Waals surface area contributed by atoms with E-state index in [0.29, 0.717) is 5.92 Å². The molecular formula is C18H23N5. The number of nitrogens with zero attached hydrogens (tertiary/aromatic N) is 4. The molecule has 0 saturated carbocycles. The highest BCUT2D eigenvalue weighted by molar-refractivity contribution is 5.83. The number of fused-ring (bicyclic) bond motifs is 3. The molecule has 1 N–H and O–H groups in total. The molecule has 4 rings (SSSR count). The minimum Gasteiger partial charge on any atom is -0.351 e. The number of para-hydroxylation sites is 2. The van der Waals surface area contributed by atoms with Crippen LogP contribution in [0.2, 0.25) is 0 Å². The predicted octanol–water partition coefficient (Wildman–Crippen LogP) is 2.49. The number of benzene rings is 1. The molecule has 2 aromatic heterocycles. The Hall–Kier alpha value is -2.14. The molecule has 0 spiro atoms. The van der Waals surface area contributed by atoms with Crippen molar-refractivity contribution in [2.24, 2.45) is 5.92 Å². The van der Waals surface area contributed by atoms with Crippen LogP contribution in [-0.2, 0) is 6.42 Å². The highest BCUT2D eigenvalue weighted by atomic mass is 15.3. The smallest absolute Gasteiger partial charge is 0.181 e. The second-order valence-corrected chi connectivity index (χ2v) is 6.67. The Morgan fingerprint density at radius 1 is 1.17 bits per heavy atom. The van der Waals surface area contributed by atoms with Crippen molar-refractivity contribution in [1.29, 1.82) is 0 Å². The molecule has 0 radical (unpaired) electrons. The van der Waals surface area contributed by atoms with Crippen molar-refractivity contribution >= 4 is 22.5 Å². The summed E-state index contributed by atoms with van der Waals surface area (Å²) in [6.45, 7) is 8.46. The van der Waals surface area contributed by atoms with Crippen molar-refractivity contribution in [3.8, 4) is 0 Å². The molecule has 1 aliphatic heterocycles. The minimum absolute atomic E-state index is 0.601. The fraction of sp³-hybridized carbons (Fsp3) is 0.444. The van der Waals surface area contributed by atoms with Gasteiger partial charge in [-0.15, -0.1) is 0 Å². The number of nitrogens with one attached hydrogen (secondary N) is 1. The van der Waals surface area contributed by atoms with Gasteiger partial charge >= 0.3 is 0 Å². The van der Waals surface area contributed by atoms with Crippen LogP contribution in [-0.4, -0.2) is 40.5 Å². The van der Waals surface area contributed by atoms with E-state index in [4.69, 9.17) is 9.97 Å². The van der Waals surface area contributed by atoms with E-state index in [1.54, 1.807) is 0 Å². The van der Waals surface area contributed by atoms with Crippen LogP contribution >= 0.6 is 0 Å². The van der Waals surface area contributed by atoms with E-state index in [0.717, 1.165) is 55.1 Å². The molecule has 0 amide bonds. The topological polar surface area (TPSA) is 45.5 Å². The molecule has 23 heavy (non-hydrogen) atoms. The highest BCUT2D eigenvalue weighted by Crippen LogP contribution is 2.26. The Bertz CT molecular complexity index is 830. The Morgan fingerprint density at radius 3 is 2.74 bits per heavy atom. The second-order valence-electron chi connectivity index (χ2n) is 6.67. The summed E-state index contributed by atoms with van der Waals surface area (Å²) >= 11 is 0. The first-order valence-corrected chi connectivity index (χ1v) is 8.45. The first kappa shape index (κ1) is 14.5. The van der Waals surface area contributed by atoms with Crippen molar-refractivity contribution in [2.45, 2.75) is 20.3 Å². The number of aromatic nitrogens is 3. The van der Waals surface area contributed by atoms with Crippen LogP contribution in [0.3, 0.4) is 0 Å². The molecule has 0 atom stereocenters. The lowest BCUT2D eigenvalue weighted by Gasteiger charge is -2.29. The van der Waals surface area contributed by atoms with E-state index < -0.39 is 0 Å². The first-order valence-electron chi connectivity index (χ1n) is 8.45. The summed E-state index contributed by atoms with van der Waals surface area (Å²) in [6, 6.07) is 8.37. The standard InChI is InChI=1S/C18H23N5/c1-13(2)11-14-12-20-17-18(22-9-7-19-8-10-22)21-15-5-3-4-6-16(15)23(14)17/h3-6,12-13,19H,7-11H2,1-2H3. The highest BCUT2D eigenvalue weighted by Gasteiger charge is 2.19. The third-order valence-corrected chi connectivity index (χ3v) is 4.42. The Morgan fingerprint density at radius 2 is 1.96 bits per heavy atom. The summed E-state index contributed by atoms with van der Waals surface area (Å²) in [5.74, 6) is 1.62. The fourth-order valence-electron chi connectivity index (χ4n) is 3.38. The summed E-state index contributed by atoms with van der Waals surface area (Å²) in [7, 11) is 0. The van der Waals surface area contributed by atoms with Gasteiger partial charge in [0.05, 0.1) is 11.0 Å². The molecule has 1 saturated heterocycles. The Balaban J connectivity index is 1.96. The third kappa shape index (κ3) is 2.55. The second kappa shape index (κ2) is 5.81. The lowest BCUT2D eigenvalue weighted by molar-refractivity contribution is 0.585. The first-order chi connectivity index (χ1) is 11.2. The van der Waals surface area contributed by atoms with Gasteiger partial charge in [-0.1, -0.05) is 26.0 Å². The van der Waals surface area contributed by atoms with Crippen molar-refractivity contribution in [3.63, 3.8) is 0 Å². The van der Waals surface area contributed by atoms with Crippen LogP contribution in [0.15, 0.2) is 30.5 Å². The molecule has 5 nitrogen and oxygen atoms in total. The summed E-state index contributed by atoms with van der Waals surface area (Å²) in [6.07, 6.45) is 3.05. The summed E-state index contributed by atoms with van der Waals surface area (Å²) in [5.41, 5.74) is 4.44. The molecule has 1 aromatic carbocycles. The largest absolute Gasteiger partial charge is 0.351 e. The molecule has 5 heteroatoms. The lowest BCUT2D eigenvalue weighted by Crippen LogP contribution is -2.44. The lowest BCUT2D eigenvalue weighted by atomic mass is 10.1. The predicted molar refractivity (Wildman–Crippen MR) is 94.1 cm³/mol. The summed E-state index contributed by atoms with van der Waals surface area (Å²) in [5, 5.41) is 3.40. The van der Waals surface area contributed by atoms with Crippen LogP contribution < -0.4 is 10.2 Å². The molecule has 0 unspecified atom stereocenters. The third-order valence-electron chi connectivity index (χ3n) is 4.42. The zero-order valence-electron chi connectivity index (χ0n) is 13.8. The fourth-order valence-corrected chi connectivity index (χ4v) is 3.38. The van der Waals surface area contributed by atoms with Gasteiger partial charge in [-0.25, -0.2) is 9.97 Å². The van der Waals surface area contributed by atoms with E-state index in [9.17, 15) is 0 Å². The van der Waals surface area contributed by atoms with Crippen LogP contribution in [0, 0.1) is 5.92 Å². The van der Waals surface area contributed by atoms with Gasteiger partial charge in [0.25, 0.3) is 0 Å². The maximum atomic E-state index is 4.93.